The minimum atomic E-state index is -1.30. The summed E-state index contributed by atoms with van der Waals surface area (Å²) < 4.78 is 9.61. The summed E-state index contributed by atoms with van der Waals surface area (Å²) in [5, 5.41) is 22.6. The van der Waals surface area contributed by atoms with Crippen LogP contribution in [0.25, 0.3) is 0 Å². The molecule has 0 saturated carbocycles. The lowest BCUT2D eigenvalue weighted by Crippen LogP contribution is -2.53. The van der Waals surface area contributed by atoms with Gasteiger partial charge in [0.1, 0.15) is 18.7 Å². The first-order chi connectivity index (χ1) is 13.0. The van der Waals surface area contributed by atoms with Gasteiger partial charge in [0.05, 0.1) is 19.8 Å². The number of aliphatic hydroxyl groups is 1. The quantitative estimate of drug-likeness (QED) is 0.401. The van der Waals surface area contributed by atoms with Gasteiger partial charge in [0, 0.05) is 6.42 Å². The summed E-state index contributed by atoms with van der Waals surface area (Å²) in [4.78, 5) is 35.8. The van der Waals surface area contributed by atoms with Crippen LogP contribution < -0.4 is 10.6 Å². The average Bonchev–Trinajstić information content (AvgIpc) is 2.69. The van der Waals surface area contributed by atoms with Crippen LogP contribution in [0.1, 0.15) is 24.8 Å². The number of nitrogens with zero attached hydrogens (tertiary/aromatic N) is 1. The van der Waals surface area contributed by atoms with Gasteiger partial charge in [-0.3, -0.25) is 4.79 Å². The molecule has 0 aliphatic heterocycles. The Labute approximate surface area is 157 Å². The van der Waals surface area contributed by atoms with Gasteiger partial charge < -0.3 is 25.2 Å². The molecular weight excluding hydrogens is 354 g/mol. The highest BCUT2D eigenvalue weighted by molar-refractivity contribution is 5.89. The van der Waals surface area contributed by atoms with Crippen LogP contribution >= 0.6 is 0 Å². The number of hydrogen-bond donors (Lipinski definition) is 3. The van der Waals surface area contributed by atoms with E-state index in [0.29, 0.717) is 6.42 Å². The van der Waals surface area contributed by atoms with Crippen LogP contribution in [0.5, 0.6) is 0 Å². The maximum Gasteiger partial charge on any atom is 0.408 e. The van der Waals surface area contributed by atoms with E-state index in [-0.39, 0.29) is 19.4 Å². The maximum absolute atomic E-state index is 12.2. The molecule has 0 bridgehead atoms. The predicted octanol–water partition coefficient (Wildman–Crippen LogP) is 0.625. The summed E-state index contributed by atoms with van der Waals surface area (Å²) in [6, 6.07) is 8.61. The molecule has 0 fully saturated rings. The van der Waals surface area contributed by atoms with Crippen molar-refractivity contribution in [1.82, 2.24) is 10.6 Å². The van der Waals surface area contributed by atoms with Gasteiger partial charge in [-0.2, -0.15) is 5.26 Å². The molecule has 0 aromatic heterocycles. The minimum absolute atomic E-state index is 0.00534. The highest BCUT2D eigenvalue weighted by Gasteiger charge is 2.27. The molecule has 146 valence electrons. The van der Waals surface area contributed by atoms with Gasteiger partial charge in [-0.15, -0.1) is 0 Å². The molecule has 1 rings (SSSR count). The monoisotopic (exact) mass is 377 g/mol. The third-order valence-electron chi connectivity index (χ3n) is 3.59. The number of nitrogens with one attached hydrogen (secondary N) is 2. The van der Waals surface area contributed by atoms with Crippen molar-refractivity contribution in [2.75, 3.05) is 13.7 Å². The number of nitriles is 1. The van der Waals surface area contributed by atoms with Crippen molar-refractivity contribution in [3.8, 4) is 6.07 Å². The van der Waals surface area contributed by atoms with Crippen molar-refractivity contribution in [2.45, 2.75) is 38.0 Å². The van der Waals surface area contributed by atoms with E-state index in [1.807, 2.05) is 12.1 Å². The van der Waals surface area contributed by atoms with Crippen molar-refractivity contribution < 1.29 is 29.0 Å². The van der Waals surface area contributed by atoms with Crippen LogP contribution in [0.2, 0.25) is 0 Å². The third kappa shape index (κ3) is 8.20. The van der Waals surface area contributed by atoms with Crippen LogP contribution in [0.15, 0.2) is 30.3 Å². The second-order valence-electron chi connectivity index (χ2n) is 5.58. The molecule has 1 aromatic rings. The van der Waals surface area contributed by atoms with Gasteiger partial charge in [0.2, 0.25) is 5.91 Å². The molecule has 3 N–H and O–H groups in total. The third-order valence-corrected chi connectivity index (χ3v) is 3.59. The van der Waals surface area contributed by atoms with E-state index in [0.717, 1.165) is 5.56 Å². The van der Waals surface area contributed by atoms with Crippen LogP contribution in [0.3, 0.4) is 0 Å². The fraction of sp³-hybridized carbons (Fsp3) is 0.444. The van der Waals surface area contributed by atoms with Gasteiger partial charge in [-0.25, -0.2) is 9.59 Å². The summed E-state index contributed by atoms with van der Waals surface area (Å²) in [5.74, 6) is -1.44. The molecule has 2 atom stereocenters. The summed E-state index contributed by atoms with van der Waals surface area (Å²) in [7, 11) is 1.18. The number of alkyl carbamates (subject to hydrolysis) is 1. The summed E-state index contributed by atoms with van der Waals surface area (Å²) >= 11 is 0. The lowest BCUT2D eigenvalue weighted by molar-refractivity contribution is -0.145. The number of benzene rings is 1. The first kappa shape index (κ1) is 21.9. The van der Waals surface area contributed by atoms with Crippen molar-refractivity contribution in [2.24, 2.45) is 0 Å². The Bertz CT molecular complexity index is 659. The van der Waals surface area contributed by atoms with Gasteiger partial charge >= 0.3 is 12.1 Å². The van der Waals surface area contributed by atoms with Crippen LogP contribution in [-0.4, -0.2) is 48.9 Å². The van der Waals surface area contributed by atoms with Crippen molar-refractivity contribution in [1.29, 1.82) is 5.26 Å². The SMILES string of the molecule is COC(=O)[C@@H](CCCC#N)NC(=O)[C@H](CO)NC(=O)OCc1ccccc1. The zero-order valence-corrected chi connectivity index (χ0v) is 15.0. The average molecular weight is 377 g/mol. The molecule has 1 aromatic carbocycles. The highest BCUT2D eigenvalue weighted by Crippen LogP contribution is 2.04. The molecule has 0 spiro atoms. The molecule has 9 nitrogen and oxygen atoms in total. The van der Waals surface area contributed by atoms with Crippen LogP contribution in [-0.2, 0) is 25.7 Å². The molecule has 2 amide bonds. The normalized spacial score (nSPS) is 12.2. The predicted molar refractivity (Wildman–Crippen MR) is 94.0 cm³/mol. The molecule has 0 aliphatic carbocycles. The minimum Gasteiger partial charge on any atom is -0.467 e. The second kappa shape index (κ2) is 12.3. The first-order valence-corrected chi connectivity index (χ1v) is 8.35. The second-order valence-corrected chi connectivity index (χ2v) is 5.58. The number of amides is 2. The Balaban J connectivity index is 2.56. The largest absolute Gasteiger partial charge is 0.467 e. The van der Waals surface area contributed by atoms with E-state index in [4.69, 9.17) is 10.00 Å². The van der Waals surface area contributed by atoms with Gasteiger partial charge in [0.25, 0.3) is 0 Å². The number of ether oxygens (including phenoxy) is 2. The smallest absolute Gasteiger partial charge is 0.408 e. The summed E-state index contributed by atoms with van der Waals surface area (Å²) in [6.07, 6.45) is -0.0843. The molecule has 0 heterocycles. The number of rotatable bonds is 10. The molecule has 0 unspecified atom stereocenters. The Hall–Kier alpha value is -3.12. The number of carbonyl (C=O) groups is 3. The van der Waals surface area contributed by atoms with E-state index in [9.17, 15) is 19.5 Å². The fourth-order valence-electron chi connectivity index (χ4n) is 2.15. The van der Waals surface area contributed by atoms with Crippen LogP contribution in [0, 0.1) is 11.3 Å². The van der Waals surface area contributed by atoms with Crippen LogP contribution in [0.4, 0.5) is 4.79 Å². The molecule has 0 radical (unpaired) electrons. The number of hydrogen-bond acceptors (Lipinski definition) is 7. The number of unbranched alkanes of at least 4 members (excludes halogenated alkanes) is 1. The van der Waals surface area contributed by atoms with Crippen molar-refractivity contribution in [3.63, 3.8) is 0 Å². The standard InChI is InChI=1S/C18H23N3O6/c1-26-17(24)14(9-5-6-10-19)20-16(23)15(11-22)21-18(25)27-12-13-7-3-2-4-8-13/h2-4,7-8,14-15,22H,5-6,9,11-12H2,1H3,(H,20,23)(H,21,25)/t14-,15+/m1/s1. The molecule has 0 saturated heterocycles. The van der Waals surface area contributed by atoms with E-state index in [2.05, 4.69) is 15.4 Å². The van der Waals surface area contributed by atoms with E-state index < -0.39 is 36.7 Å². The summed E-state index contributed by atoms with van der Waals surface area (Å²) in [5.41, 5.74) is 0.765. The Kier molecular flexibility index (Phi) is 9.96. The first-order valence-electron chi connectivity index (χ1n) is 8.35. The lowest BCUT2D eigenvalue weighted by atomic mass is 10.1. The Morgan fingerprint density at radius 1 is 1.19 bits per heavy atom. The zero-order valence-electron chi connectivity index (χ0n) is 15.0. The number of methoxy groups -OCH3 is 1. The number of carbonyl (C=O) groups excluding carboxylic acids is 3. The molecule has 9 heteroatoms. The lowest BCUT2D eigenvalue weighted by Gasteiger charge is -2.20. The fourth-order valence-corrected chi connectivity index (χ4v) is 2.15. The molecule has 0 aliphatic rings. The Morgan fingerprint density at radius 3 is 2.48 bits per heavy atom. The van der Waals surface area contributed by atoms with E-state index >= 15 is 0 Å². The van der Waals surface area contributed by atoms with E-state index in [1.165, 1.54) is 7.11 Å². The van der Waals surface area contributed by atoms with Gasteiger partial charge in [-0.1, -0.05) is 30.3 Å². The van der Waals surface area contributed by atoms with Gasteiger partial charge in [0.15, 0.2) is 0 Å². The molecular formula is C18H23N3O6. The van der Waals surface area contributed by atoms with Gasteiger partial charge in [-0.05, 0) is 18.4 Å². The maximum atomic E-state index is 12.2. The van der Waals surface area contributed by atoms with Crippen molar-refractivity contribution >= 4 is 18.0 Å². The number of aliphatic hydroxyl groups excluding tert-OH is 1. The number of esters is 1. The zero-order chi connectivity index (χ0) is 20.1. The summed E-state index contributed by atoms with van der Waals surface area (Å²) in [6.45, 7) is -0.677. The van der Waals surface area contributed by atoms with Crippen molar-refractivity contribution in [3.05, 3.63) is 35.9 Å². The van der Waals surface area contributed by atoms with E-state index in [1.54, 1.807) is 24.3 Å². The Morgan fingerprint density at radius 2 is 1.89 bits per heavy atom. The highest BCUT2D eigenvalue weighted by atomic mass is 16.5. The topological polar surface area (TPSA) is 138 Å². The molecule has 27 heavy (non-hydrogen) atoms.